The average Bonchev–Trinajstić information content (AvgIpc) is 2.60. The predicted octanol–water partition coefficient (Wildman–Crippen LogP) is 5.78. The highest BCUT2D eigenvalue weighted by molar-refractivity contribution is 5.33. The minimum absolute atomic E-state index is 0.385. The minimum Gasteiger partial charge on any atom is -0.376 e. The molecule has 1 fully saturated rings. The van der Waals surface area contributed by atoms with Crippen LogP contribution in [0.4, 0.5) is 0 Å². The normalized spacial score (nSPS) is 18.0. The Kier molecular flexibility index (Phi) is 9.45. The largest absolute Gasteiger partial charge is 0.376 e. The maximum absolute atomic E-state index is 5.56. The van der Waals surface area contributed by atoms with Crippen molar-refractivity contribution in [3.05, 3.63) is 34.2 Å². The Morgan fingerprint density at radius 1 is 0.917 bits per heavy atom. The lowest BCUT2D eigenvalue weighted by molar-refractivity contribution is -0.0912. The van der Waals surface area contributed by atoms with E-state index in [1.807, 2.05) is 0 Å². The number of unbranched alkanes of at least 4 members (excludes halogenated alkanes) is 6. The van der Waals surface area contributed by atoms with Crippen molar-refractivity contribution < 1.29 is 9.47 Å². The standard InChI is InChI=1S/C11H22O2.C11H14/c1-2-3-4-5-6-7-11-10-12-8-9-13-11;1-2-3-4-5-9-8-10-6-7-11(9)10/h11H,2-10H2,1H3;6-8H,2-5H2,1H3. The Hall–Kier alpha value is -0.860. The molecule has 1 heterocycles. The van der Waals surface area contributed by atoms with Gasteiger partial charge in [0.15, 0.2) is 0 Å². The molecule has 0 bridgehead atoms. The fraction of sp³-hybridized carbons (Fsp3) is 0.727. The van der Waals surface area contributed by atoms with Crippen LogP contribution in [0.2, 0.25) is 0 Å². The van der Waals surface area contributed by atoms with E-state index in [1.165, 1.54) is 69.4 Å². The number of hydrogen-bond donors (Lipinski definition) is 0. The molecule has 0 aromatic carbocycles. The molecule has 136 valence electrons. The molecule has 3 rings (SSSR count). The van der Waals surface area contributed by atoms with E-state index in [1.54, 1.807) is 10.8 Å². The topological polar surface area (TPSA) is 18.5 Å². The first-order valence-corrected chi connectivity index (χ1v) is 10.2. The van der Waals surface area contributed by atoms with E-state index in [0.717, 1.165) is 19.8 Å². The number of benzene rings is 1. The second-order valence-corrected chi connectivity index (χ2v) is 7.10. The molecule has 0 N–H and O–H groups in total. The van der Waals surface area contributed by atoms with E-state index >= 15 is 0 Å². The predicted molar refractivity (Wildman–Crippen MR) is 101 cm³/mol. The van der Waals surface area contributed by atoms with E-state index in [0.29, 0.717) is 6.10 Å². The minimum atomic E-state index is 0.385. The second-order valence-electron chi connectivity index (χ2n) is 7.10. The van der Waals surface area contributed by atoms with Gasteiger partial charge in [0.1, 0.15) is 0 Å². The molecule has 2 nitrogen and oxygen atoms in total. The summed E-state index contributed by atoms with van der Waals surface area (Å²) in [6.07, 6.45) is 13.7. The summed E-state index contributed by atoms with van der Waals surface area (Å²) < 4.78 is 10.9. The van der Waals surface area contributed by atoms with Crippen LogP contribution in [0.3, 0.4) is 0 Å². The van der Waals surface area contributed by atoms with Crippen molar-refractivity contribution in [2.45, 2.75) is 84.2 Å². The van der Waals surface area contributed by atoms with Gasteiger partial charge >= 0.3 is 0 Å². The lowest BCUT2D eigenvalue weighted by Crippen LogP contribution is -2.28. The smallest absolute Gasteiger partial charge is 0.0809 e. The number of rotatable bonds is 10. The van der Waals surface area contributed by atoms with Crippen LogP contribution < -0.4 is 0 Å². The van der Waals surface area contributed by atoms with E-state index in [9.17, 15) is 0 Å². The zero-order chi connectivity index (χ0) is 17.0. The fourth-order valence-corrected chi connectivity index (χ4v) is 3.32. The highest BCUT2D eigenvalue weighted by Crippen LogP contribution is 2.18. The number of hydrogen-bond acceptors (Lipinski definition) is 2. The first-order valence-electron chi connectivity index (χ1n) is 10.2. The fourth-order valence-electron chi connectivity index (χ4n) is 3.32. The third-order valence-corrected chi connectivity index (χ3v) is 4.98. The Morgan fingerprint density at radius 2 is 1.71 bits per heavy atom. The van der Waals surface area contributed by atoms with Crippen molar-refractivity contribution in [1.29, 1.82) is 0 Å². The molecule has 3 aliphatic rings. The van der Waals surface area contributed by atoms with Gasteiger partial charge in [-0.1, -0.05) is 77.0 Å². The maximum atomic E-state index is 5.56. The van der Waals surface area contributed by atoms with Crippen LogP contribution in [0, 0.1) is 10.4 Å². The Bertz CT molecular complexity index is 531. The van der Waals surface area contributed by atoms with Gasteiger partial charge < -0.3 is 9.47 Å². The summed E-state index contributed by atoms with van der Waals surface area (Å²) >= 11 is 0. The van der Waals surface area contributed by atoms with Crippen LogP contribution in [0.1, 0.15) is 77.2 Å². The summed E-state index contributed by atoms with van der Waals surface area (Å²) in [6, 6.07) is 6.75. The van der Waals surface area contributed by atoms with Gasteiger partial charge in [-0.3, -0.25) is 0 Å². The summed E-state index contributed by atoms with van der Waals surface area (Å²) in [5.41, 5.74) is 1.59. The van der Waals surface area contributed by atoms with Crippen LogP contribution in [-0.2, 0) is 15.9 Å². The first-order chi connectivity index (χ1) is 11.8. The van der Waals surface area contributed by atoms with Crippen molar-refractivity contribution >= 4 is 0 Å². The quantitative estimate of drug-likeness (QED) is 0.513. The Balaban J connectivity index is 0.000000175. The SMILES string of the molecule is CCCCCCCC1COCCO1.CCCCCc1cc2ccc1=2. The monoisotopic (exact) mass is 332 g/mol. The molecule has 2 aliphatic carbocycles. The van der Waals surface area contributed by atoms with Gasteiger partial charge in [0, 0.05) is 0 Å². The van der Waals surface area contributed by atoms with Gasteiger partial charge in [0.25, 0.3) is 0 Å². The lowest BCUT2D eigenvalue weighted by Gasteiger charge is -2.22. The molecule has 1 aliphatic heterocycles. The van der Waals surface area contributed by atoms with Crippen molar-refractivity contribution in [3.8, 4) is 0 Å². The summed E-state index contributed by atoms with van der Waals surface area (Å²) in [6.45, 7) is 6.89. The molecule has 0 saturated carbocycles. The number of aryl methyl sites for hydroxylation is 1. The molecular formula is C22H36O2. The zero-order valence-electron chi connectivity index (χ0n) is 15.8. The van der Waals surface area contributed by atoms with Crippen LogP contribution in [-0.4, -0.2) is 25.9 Å². The molecule has 1 unspecified atom stereocenters. The molecule has 0 radical (unpaired) electrons. The average molecular weight is 333 g/mol. The lowest BCUT2D eigenvalue weighted by atomic mass is 9.95. The van der Waals surface area contributed by atoms with Crippen LogP contribution in [0.25, 0.3) is 0 Å². The highest BCUT2D eigenvalue weighted by atomic mass is 16.6. The first kappa shape index (κ1) is 19.5. The third-order valence-electron chi connectivity index (χ3n) is 4.98. The maximum Gasteiger partial charge on any atom is 0.0809 e. The molecule has 0 amide bonds. The van der Waals surface area contributed by atoms with E-state index in [-0.39, 0.29) is 0 Å². The Morgan fingerprint density at radius 3 is 2.29 bits per heavy atom. The highest BCUT2D eigenvalue weighted by Gasteiger charge is 2.12. The van der Waals surface area contributed by atoms with Crippen molar-refractivity contribution in [2.75, 3.05) is 19.8 Å². The van der Waals surface area contributed by atoms with Gasteiger partial charge in [-0.2, -0.15) is 0 Å². The summed E-state index contributed by atoms with van der Waals surface area (Å²) in [4.78, 5) is 0. The molecule has 0 aromatic rings. The van der Waals surface area contributed by atoms with Gasteiger partial charge in [0.2, 0.25) is 0 Å². The van der Waals surface area contributed by atoms with Gasteiger partial charge in [0.05, 0.1) is 25.9 Å². The van der Waals surface area contributed by atoms with Crippen LogP contribution in [0.15, 0.2) is 18.2 Å². The van der Waals surface area contributed by atoms with E-state index in [4.69, 9.17) is 9.47 Å². The molecule has 0 spiro atoms. The molecule has 24 heavy (non-hydrogen) atoms. The summed E-state index contributed by atoms with van der Waals surface area (Å²) in [5.74, 6) is 0. The van der Waals surface area contributed by atoms with Crippen molar-refractivity contribution in [3.63, 3.8) is 0 Å². The molecular weight excluding hydrogens is 296 g/mol. The molecule has 1 atom stereocenters. The van der Waals surface area contributed by atoms with Gasteiger partial charge in [-0.05, 0) is 35.3 Å². The second kappa shape index (κ2) is 11.7. The third kappa shape index (κ3) is 6.57. The molecule has 2 heteroatoms. The van der Waals surface area contributed by atoms with Crippen LogP contribution in [0.5, 0.6) is 0 Å². The van der Waals surface area contributed by atoms with E-state index < -0.39 is 0 Å². The van der Waals surface area contributed by atoms with E-state index in [2.05, 4.69) is 32.0 Å². The van der Waals surface area contributed by atoms with Crippen molar-refractivity contribution in [2.24, 2.45) is 0 Å². The number of ether oxygens (including phenoxy) is 2. The zero-order valence-corrected chi connectivity index (χ0v) is 15.8. The summed E-state index contributed by atoms with van der Waals surface area (Å²) in [5, 5.41) is 3.03. The Labute approximate surface area is 148 Å². The molecule has 0 aromatic heterocycles. The molecule has 1 saturated heterocycles. The van der Waals surface area contributed by atoms with Gasteiger partial charge in [-0.15, -0.1) is 0 Å². The van der Waals surface area contributed by atoms with Gasteiger partial charge in [-0.25, -0.2) is 0 Å². The van der Waals surface area contributed by atoms with Crippen LogP contribution >= 0.6 is 0 Å². The summed E-state index contributed by atoms with van der Waals surface area (Å²) in [7, 11) is 0. The van der Waals surface area contributed by atoms with Crippen molar-refractivity contribution in [1.82, 2.24) is 0 Å².